The summed E-state index contributed by atoms with van der Waals surface area (Å²) < 4.78 is 12.5. The summed E-state index contributed by atoms with van der Waals surface area (Å²) in [5, 5.41) is 9.88. The van der Waals surface area contributed by atoms with Crippen molar-refractivity contribution in [2.24, 2.45) is 22.7 Å². The van der Waals surface area contributed by atoms with Crippen molar-refractivity contribution in [1.82, 2.24) is 0 Å². The maximum absolute atomic E-state index is 9.88. The number of rotatable bonds is 0. The predicted octanol–water partition coefficient (Wildman–Crippen LogP) is 4.28. The van der Waals surface area contributed by atoms with Crippen LogP contribution < -0.4 is 0 Å². The molecule has 4 aliphatic rings. The van der Waals surface area contributed by atoms with Crippen molar-refractivity contribution in [3.63, 3.8) is 0 Å². The lowest BCUT2D eigenvalue weighted by Crippen LogP contribution is -2.62. The summed E-state index contributed by atoms with van der Waals surface area (Å²) in [5.74, 6) is 1.36. The average Bonchev–Trinajstić information content (AvgIpc) is 3.01. The molecule has 0 aromatic heterocycles. The lowest BCUT2D eigenvalue weighted by molar-refractivity contribution is -0.246. The largest absolute Gasteiger partial charge is 0.368 e. The van der Waals surface area contributed by atoms with E-state index in [4.69, 9.17) is 9.47 Å². The lowest BCUT2D eigenvalue weighted by atomic mass is 9.44. The fraction of sp³-hybridized carbons (Fsp3) is 1.00. The minimum atomic E-state index is -0.629. The molecule has 0 amide bonds. The number of aliphatic hydroxyl groups is 1. The molecule has 3 nitrogen and oxygen atoms in total. The van der Waals surface area contributed by atoms with Gasteiger partial charge in [-0.1, -0.05) is 34.1 Å². The number of aliphatic hydroxyl groups excluding tert-OH is 1. The monoisotopic (exact) mass is 322 g/mol. The third-order valence-corrected chi connectivity index (χ3v) is 8.32. The molecule has 4 rings (SSSR count). The normalized spacial score (nSPS) is 55.4. The van der Waals surface area contributed by atoms with E-state index in [0.717, 1.165) is 18.8 Å². The Hall–Kier alpha value is -0.120. The van der Waals surface area contributed by atoms with Crippen LogP contribution in [0.5, 0.6) is 0 Å². The van der Waals surface area contributed by atoms with Crippen LogP contribution >= 0.6 is 0 Å². The minimum Gasteiger partial charge on any atom is -0.368 e. The molecule has 4 fully saturated rings. The number of fused-ring (bicyclic) bond motifs is 2. The highest BCUT2D eigenvalue weighted by atomic mass is 16.6. The smallest absolute Gasteiger partial charge is 0.157 e. The zero-order valence-electron chi connectivity index (χ0n) is 15.4. The van der Waals surface area contributed by atoms with Crippen LogP contribution in [0.25, 0.3) is 0 Å². The Morgan fingerprint density at radius 3 is 2.48 bits per heavy atom. The Morgan fingerprint density at radius 1 is 1.00 bits per heavy atom. The van der Waals surface area contributed by atoms with Crippen molar-refractivity contribution in [1.29, 1.82) is 0 Å². The first-order valence-corrected chi connectivity index (χ1v) is 9.73. The second kappa shape index (κ2) is 4.95. The van der Waals surface area contributed by atoms with Gasteiger partial charge in [0.15, 0.2) is 6.29 Å². The van der Waals surface area contributed by atoms with Gasteiger partial charge in [0.05, 0.1) is 17.8 Å². The Balaban J connectivity index is 1.71. The Morgan fingerprint density at radius 2 is 1.78 bits per heavy atom. The van der Waals surface area contributed by atoms with Crippen LogP contribution in [-0.4, -0.2) is 29.2 Å². The number of ether oxygens (including phenoxy) is 2. The van der Waals surface area contributed by atoms with Crippen molar-refractivity contribution < 1.29 is 14.6 Å². The van der Waals surface area contributed by atoms with E-state index in [1.807, 2.05) is 0 Å². The summed E-state index contributed by atoms with van der Waals surface area (Å²) in [6.07, 6.45) is 8.83. The van der Waals surface area contributed by atoms with E-state index in [0.29, 0.717) is 24.4 Å². The van der Waals surface area contributed by atoms with Gasteiger partial charge < -0.3 is 14.6 Å². The topological polar surface area (TPSA) is 38.7 Å². The van der Waals surface area contributed by atoms with Gasteiger partial charge in [0, 0.05) is 11.8 Å². The van der Waals surface area contributed by atoms with Crippen LogP contribution in [0.15, 0.2) is 0 Å². The van der Waals surface area contributed by atoms with Gasteiger partial charge in [0.1, 0.15) is 0 Å². The highest BCUT2D eigenvalue weighted by molar-refractivity contribution is 5.16. The van der Waals surface area contributed by atoms with Gasteiger partial charge in [-0.2, -0.15) is 0 Å². The SMILES string of the molecule is C[C@@H]1CCC2C(C)(C)CCC[C@]2(C)C12CCC1(COC(O)C1)O2. The summed E-state index contributed by atoms with van der Waals surface area (Å²) >= 11 is 0. The van der Waals surface area contributed by atoms with Crippen LogP contribution in [0, 0.1) is 22.7 Å². The zero-order valence-corrected chi connectivity index (χ0v) is 15.4. The molecule has 3 heteroatoms. The van der Waals surface area contributed by atoms with Crippen LogP contribution in [-0.2, 0) is 9.47 Å². The molecular weight excluding hydrogens is 288 g/mol. The summed E-state index contributed by atoms with van der Waals surface area (Å²) in [6.45, 7) is 10.5. The molecule has 6 atom stereocenters. The first kappa shape index (κ1) is 16.4. The molecule has 4 unspecified atom stereocenters. The van der Waals surface area contributed by atoms with Crippen LogP contribution in [0.4, 0.5) is 0 Å². The summed E-state index contributed by atoms with van der Waals surface area (Å²) in [7, 11) is 0. The van der Waals surface area contributed by atoms with E-state index in [-0.39, 0.29) is 16.6 Å². The summed E-state index contributed by atoms with van der Waals surface area (Å²) in [6, 6.07) is 0. The molecule has 0 radical (unpaired) electrons. The molecule has 1 N–H and O–H groups in total. The van der Waals surface area contributed by atoms with E-state index in [1.165, 1.54) is 32.1 Å². The third-order valence-electron chi connectivity index (χ3n) is 8.32. The Bertz CT molecular complexity index is 489. The third kappa shape index (κ3) is 2.12. The zero-order chi connectivity index (χ0) is 16.5. The molecule has 2 saturated heterocycles. The van der Waals surface area contributed by atoms with Crippen molar-refractivity contribution in [2.45, 2.75) is 96.6 Å². The molecular formula is C20H34O3. The molecule has 0 aromatic rings. The summed E-state index contributed by atoms with van der Waals surface area (Å²) in [4.78, 5) is 0. The molecule has 2 saturated carbocycles. The van der Waals surface area contributed by atoms with Gasteiger partial charge in [0.25, 0.3) is 0 Å². The number of hydrogen-bond donors (Lipinski definition) is 1. The van der Waals surface area contributed by atoms with Crippen LogP contribution in [0.1, 0.15) is 79.1 Å². The molecule has 0 bridgehead atoms. The quantitative estimate of drug-likeness (QED) is 0.723. The highest BCUT2D eigenvalue weighted by Gasteiger charge is 2.67. The molecule has 23 heavy (non-hydrogen) atoms. The van der Waals surface area contributed by atoms with E-state index < -0.39 is 6.29 Å². The second-order valence-corrected chi connectivity index (χ2v) is 9.93. The Labute approximate surface area is 141 Å². The van der Waals surface area contributed by atoms with E-state index in [9.17, 15) is 5.11 Å². The van der Waals surface area contributed by atoms with Gasteiger partial charge >= 0.3 is 0 Å². The first-order chi connectivity index (χ1) is 10.7. The Kier molecular flexibility index (Phi) is 3.52. The van der Waals surface area contributed by atoms with Gasteiger partial charge in [-0.25, -0.2) is 0 Å². The van der Waals surface area contributed by atoms with Crippen molar-refractivity contribution in [3.8, 4) is 0 Å². The van der Waals surface area contributed by atoms with Crippen molar-refractivity contribution in [2.75, 3.05) is 6.61 Å². The van der Waals surface area contributed by atoms with E-state index >= 15 is 0 Å². The average molecular weight is 322 g/mol. The maximum atomic E-state index is 9.88. The molecule has 2 heterocycles. The lowest BCUT2D eigenvalue weighted by Gasteiger charge is -2.63. The van der Waals surface area contributed by atoms with Gasteiger partial charge in [0.2, 0.25) is 0 Å². The van der Waals surface area contributed by atoms with E-state index in [2.05, 4.69) is 27.7 Å². The highest BCUT2D eigenvalue weighted by Crippen LogP contribution is 2.68. The molecule has 0 aromatic carbocycles. The fourth-order valence-corrected chi connectivity index (χ4v) is 7.13. The van der Waals surface area contributed by atoms with Crippen LogP contribution in [0.3, 0.4) is 0 Å². The second-order valence-electron chi connectivity index (χ2n) is 9.93. The number of hydrogen-bond acceptors (Lipinski definition) is 3. The van der Waals surface area contributed by atoms with Gasteiger partial charge in [-0.3, -0.25) is 0 Å². The minimum absolute atomic E-state index is 0.0129. The van der Waals surface area contributed by atoms with Crippen molar-refractivity contribution in [3.05, 3.63) is 0 Å². The van der Waals surface area contributed by atoms with E-state index in [1.54, 1.807) is 0 Å². The molecule has 2 spiro atoms. The predicted molar refractivity (Wildman–Crippen MR) is 90.0 cm³/mol. The fourth-order valence-electron chi connectivity index (χ4n) is 7.13. The molecule has 2 aliphatic carbocycles. The molecule has 132 valence electrons. The van der Waals surface area contributed by atoms with Crippen LogP contribution in [0.2, 0.25) is 0 Å². The van der Waals surface area contributed by atoms with Crippen molar-refractivity contribution >= 4 is 0 Å². The summed E-state index contributed by atoms with van der Waals surface area (Å²) in [5.41, 5.74) is 0.454. The first-order valence-electron chi connectivity index (χ1n) is 9.73. The van der Waals surface area contributed by atoms with Gasteiger partial charge in [-0.05, 0) is 55.8 Å². The molecule has 2 aliphatic heterocycles. The van der Waals surface area contributed by atoms with Gasteiger partial charge in [-0.15, -0.1) is 0 Å². The maximum Gasteiger partial charge on any atom is 0.157 e. The standard InChI is InChI=1S/C20H34O3/c1-14-6-7-15-17(2,3)8-5-9-18(15,4)20(14)11-10-19(23-20)12-16(21)22-13-19/h14-16,21H,5-13H2,1-4H3/t14-,15?,16?,18+,19?,20?/m1/s1.